The van der Waals surface area contributed by atoms with Crippen LogP contribution in [0.2, 0.25) is 10.0 Å². The van der Waals surface area contributed by atoms with Crippen molar-refractivity contribution in [2.24, 2.45) is 5.92 Å². The van der Waals surface area contributed by atoms with E-state index in [4.69, 9.17) is 23.2 Å². The van der Waals surface area contributed by atoms with Gasteiger partial charge in [0.25, 0.3) is 0 Å². The van der Waals surface area contributed by atoms with Gasteiger partial charge in [-0.15, -0.1) is 0 Å². The van der Waals surface area contributed by atoms with E-state index < -0.39 is 0 Å². The fraction of sp³-hybridized carbons (Fsp3) is 0.214. The summed E-state index contributed by atoms with van der Waals surface area (Å²) in [5, 5.41) is 1.03. The van der Waals surface area contributed by atoms with Crippen LogP contribution < -0.4 is 4.90 Å². The Morgan fingerprint density at radius 2 is 1.78 bits per heavy atom. The molecule has 4 heteroatoms. The maximum Gasteiger partial charge on any atom is 0.228 e. The number of benzene rings is 1. The number of hydrogen-bond donors (Lipinski definition) is 0. The molecule has 92 valence electrons. The molecule has 0 N–H and O–H groups in total. The number of fused-ring (bicyclic) bond motifs is 1. The summed E-state index contributed by atoms with van der Waals surface area (Å²) in [6.07, 6.45) is 8.53. The fourth-order valence-electron chi connectivity index (χ4n) is 2.57. The second-order valence-corrected chi connectivity index (χ2v) is 5.28. The molecule has 0 radical (unpaired) electrons. The Morgan fingerprint density at radius 3 is 2.50 bits per heavy atom. The molecule has 18 heavy (non-hydrogen) atoms. The molecule has 1 heterocycles. The Balaban J connectivity index is 2.09. The molecular weight excluding hydrogens is 269 g/mol. The van der Waals surface area contributed by atoms with Crippen LogP contribution in [0.5, 0.6) is 0 Å². The number of para-hydroxylation sites is 1. The first-order valence-electron chi connectivity index (χ1n) is 5.79. The fourth-order valence-corrected chi connectivity index (χ4v) is 3.15. The molecule has 0 unspecified atom stereocenters. The molecule has 1 aliphatic carbocycles. The van der Waals surface area contributed by atoms with Crippen molar-refractivity contribution in [1.82, 2.24) is 0 Å². The summed E-state index contributed by atoms with van der Waals surface area (Å²) in [5.41, 5.74) is 0.623. The standard InChI is InChI=1S/C14H11Cl2NO/c15-10-5-3-6-11(16)14(10)17-12-7-2-1-4-9(12)8-13(17)18/h1-7,9,12H,8H2/t9-,12+/m0/s1. The maximum atomic E-state index is 12.2. The van der Waals surface area contributed by atoms with Gasteiger partial charge >= 0.3 is 0 Å². The third-order valence-corrected chi connectivity index (χ3v) is 3.98. The van der Waals surface area contributed by atoms with Crippen molar-refractivity contribution in [2.45, 2.75) is 12.5 Å². The number of rotatable bonds is 1. The van der Waals surface area contributed by atoms with Gasteiger partial charge < -0.3 is 4.90 Å². The minimum atomic E-state index is 0.0277. The van der Waals surface area contributed by atoms with E-state index in [2.05, 4.69) is 6.08 Å². The molecule has 0 bridgehead atoms. The van der Waals surface area contributed by atoms with Crippen LogP contribution in [0.4, 0.5) is 5.69 Å². The van der Waals surface area contributed by atoms with Crippen LogP contribution in [0, 0.1) is 5.92 Å². The van der Waals surface area contributed by atoms with Crippen molar-refractivity contribution < 1.29 is 4.79 Å². The first-order valence-corrected chi connectivity index (χ1v) is 6.55. The van der Waals surface area contributed by atoms with Crippen LogP contribution in [0.3, 0.4) is 0 Å². The van der Waals surface area contributed by atoms with Crippen LogP contribution in [0.1, 0.15) is 6.42 Å². The van der Waals surface area contributed by atoms with E-state index in [1.54, 1.807) is 23.1 Å². The Hall–Kier alpha value is -1.25. The summed E-state index contributed by atoms with van der Waals surface area (Å²) in [6.45, 7) is 0. The van der Waals surface area contributed by atoms with Gasteiger partial charge in [0.15, 0.2) is 0 Å². The monoisotopic (exact) mass is 279 g/mol. The molecule has 2 nitrogen and oxygen atoms in total. The minimum Gasteiger partial charge on any atom is -0.302 e. The van der Waals surface area contributed by atoms with Crippen molar-refractivity contribution in [3.63, 3.8) is 0 Å². The molecule has 1 aromatic rings. The lowest BCUT2D eigenvalue weighted by atomic mass is 9.96. The number of nitrogens with zero attached hydrogens (tertiary/aromatic N) is 1. The van der Waals surface area contributed by atoms with Gasteiger partial charge in [-0.05, 0) is 12.1 Å². The summed E-state index contributed by atoms with van der Waals surface area (Å²) in [4.78, 5) is 13.9. The second kappa shape index (κ2) is 4.45. The number of allylic oxidation sites excluding steroid dienone is 2. The van der Waals surface area contributed by atoms with Crippen molar-refractivity contribution >= 4 is 34.8 Å². The number of hydrogen-bond acceptors (Lipinski definition) is 1. The molecule has 2 aliphatic rings. The quantitative estimate of drug-likeness (QED) is 0.765. The Kier molecular flexibility index (Phi) is 2.92. The van der Waals surface area contributed by atoms with E-state index in [9.17, 15) is 4.79 Å². The normalized spacial score (nSPS) is 25.7. The highest BCUT2D eigenvalue weighted by molar-refractivity contribution is 6.40. The molecule has 1 saturated heterocycles. The third-order valence-electron chi connectivity index (χ3n) is 3.37. The summed E-state index contributed by atoms with van der Waals surface area (Å²) in [5.74, 6) is 0.283. The number of carbonyl (C=O) groups excluding carboxylic acids is 1. The average Bonchev–Trinajstić information content (AvgIpc) is 2.66. The lowest BCUT2D eigenvalue weighted by Crippen LogP contribution is -2.34. The van der Waals surface area contributed by atoms with E-state index in [0.717, 1.165) is 0 Å². The first-order chi connectivity index (χ1) is 8.68. The van der Waals surface area contributed by atoms with E-state index in [1.165, 1.54) is 0 Å². The molecule has 0 saturated carbocycles. The van der Waals surface area contributed by atoms with Crippen molar-refractivity contribution in [3.05, 3.63) is 52.5 Å². The predicted octanol–water partition coefficient (Wildman–Crippen LogP) is 3.84. The van der Waals surface area contributed by atoms with Crippen LogP contribution in [-0.4, -0.2) is 11.9 Å². The van der Waals surface area contributed by atoms with Gasteiger partial charge in [0.05, 0.1) is 21.8 Å². The third kappa shape index (κ3) is 1.76. The van der Waals surface area contributed by atoms with E-state index in [-0.39, 0.29) is 17.9 Å². The van der Waals surface area contributed by atoms with Gasteiger partial charge in [-0.25, -0.2) is 0 Å². The SMILES string of the molecule is O=C1C[C@@H]2C=CC=C[C@H]2N1c1c(Cl)cccc1Cl. The predicted molar refractivity (Wildman–Crippen MR) is 74.1 cm³/mol. The number of amides is 1. The van der Waals surface area contributed by atoms with Crippen LogP contribution in [0.25, 0.3) is 0 Å². The minimum absolute atomic E-state index is 0.0277. The summed E-state index contributed by atoms with van der Waals surface area (Å²) < 4.78 is 0. The molecule has 0 spiro atoms. The lowest BCUT2D eigenvalue weighted by Gasteiger charge is -2.27. The van der Waals surface area contributed by atoms with E-state index in [0.29, 0.717) is 22.2 Å². The maximum absolute atomic E-state index is 12.2. The van der Waals surface area contributed by atoms with Crippen molar-refractivity contribution in [3.8, 4) is 0 Å². The summed E-state index contributed by atoms with van der Waals surface area (Å²) >= 11 is 12.4. The summed E-state index contributed by atoms with van der Waals surface area (Å²) in [6, 6.07) is 5.32. The molecule has 1 amide bonds. The zero-order valence-corrected chi connectivity index (χ0v) is 11.0. The van der Waals surface area contributed by atoms with Gasteiger partial charge in [0.1, 0.15) is 0 Å². The summed E-state index contributed by atoms with van der Waals surface area (Å²) in [7, 11) is 0. The van der Waals surface area contributed by atoms with Crippen molar-refractivity contribution in [1.29, 1.82) is 0 Å². The van der Waals surface area contributed by atoms with Gasteiger partial charge in [0, 0.05) is 12.3 Å². The number of anilines is 1. The molecule has 1 fully saturated rings. The van der Waals surface area contributed by atoms with E-state index >= 15 is 0 Å². The average molecular weight is 280 g/mol. The molecule has 1 aromatic carbocycles. The number of halogens is 2. The number of carbonyl (C=O) groups is 1. The van der Waals surface area contributed by atoms with Gasteiger partial charge in [0.2, 0.25) is 5.91 Å². The molecule has 3 rings (SSSR count). The Morgan fingerprint density at radius 1 is 1.11 bits per heavy atom. The second-order valence-electron chi connectivity index (χ2n) is 4.46. The Bertz CT molecular complexity index is 545. The van der Waals surface area contributed by atoms with Crippen LogP contribution >= 0.6 is 23.2 Å². The van der Waals surface area contributed by atoms with Gasteiger partial charge in [-0.2, -0.15) is 0 Å². The molecule has 2 atom stereocenters. The smallest absolute Gasteiger partial charge is 0.228 e. The first kappa shape index (κ1) is 11.8. The zero-order chi connectivity index (χ0) is 12.7. The zero-order valence-electron chi connectivity index (χ0n) is 9.51. The molecule has 1 aliphatic heterocycles. The van der Waals surface area contributed by atoms with E-state index in [1.807, 2.05) is 18.2 Å². The van der Waals surface area contributed by atoms with Crippen LogP contribution in [0.15, 0.2) is 42.5 Å². The molecular formula is C14H11Cl2NO. The van der Waals surface area contributed by atoms with Crippen molar-refractivity contribution in [2.75, 3.05) is 4.90 Å². The highest BCUT2D eigenvalue weighted by atomic mass is 35.5. The topological polar surface area (TPSA) is 20.3 Å². The van der Waals surface area contributed by atoms with Gasteiger partial charge in [-0.3, -0.25) is 4.79 Å². The van der Waals surface area contributed by atoms with Gasteiger partial charge in [-0.1, -0.05) is 53.6 Å². The highest BCUT2D eigenvalue weighted by Gasteiger charge is 2.40. The highest BCUT2D eigenvalue weighted by Crippen LogP contribution is 2.41. The van der Waals surface area contributed by atoms with Crippen LogP contribution in [-0.2, 0) is 4.79 Å². The Labute approximate surface area is 115 Å². The largest absolute Gasteiger partial charge is 0.302 e. The lowest BCUT2D eigenvalue weighted by molar-refractivity contribution is -0.117. The molecule has 0 aromatic heterocycles.